The SMILES string of the molecule is C=CCOc1ccccc1CNC1C=CS(=O)(=O)C1. The van der Waals surface area contributed by atoms with Crippen molar-refractivity contribution in [3.63, 3.8) is 0 Å². The van der Waals surface area contributed by atoms with E-state index >= 15 is 0 Å². The molecule has 0 saturated heterocycles. The first kappa shape index (κ1) is 13.8. The van der Waals surface area contributed by atoms with Gasteiger partial charge < -0.3 is 10.1 Å². The molecule has 2 rings (SSSR count). The summed E-state index contributed by atoms with van der Waals surface area (Å²) in [5.74, 6) is 0.919. The quantitative estimate of drug-likeness (QED) is 0.805. The highest BCUT2D eigenvalue weighted by molar-refractivity contribution is 7.94. The van der Waals surface area contributed by atoms with Gasteiger partial charge in [0.15, 0.2) is 9.84 Å². The number of benzene rings is 1. The lowest BCUT2D eigenvalue weighted by molar-refractivity contribution is 0.357. The van der Waals surface area contributed by atoms with Gasteiger partial charge in [0.05, 0.1) is 5.75 Å². The Balaban J connectivity index is 1.96. The molecule has 0 fully saturated rings. The van der Waals surface area contributed by atoms with Crippen molar-refractivity contribution in [1.29, 1.82) is 0 Å². The lowest BCUT2D eigenvalue weighted by Crippen LogP contribution is -2.29. The Labute approximate surface area is 113 Å². The molecule has 19 heavy (non-hydrogen) atoms. The van der Waals surface area contributed by atoms with Crippen molar-refractivity contribution in [2.24, 2.45) is 0 Å². The highest BCUT2D eigenvalue weighted by Crippen LogP contribution is 2.18. The molecule has 1 aliphatic heterocycles. The first-order chi connectivity index (χ1) is 9.11. The van der Waals surface area contributed by atoms with E-state index in [0.29, 0.717) is 13.2 Å². The summed E-state index contributed by atoms with van der Waals surface area (Å²) in [6.07, 6.45) is 3.37. The summed E-state index contributed by atoms with van der Waals surface area (Å²) >= 11 is 0. The molecule has 1 aromatic carbocycles. The van der Waals surface area contributed by atoms with E-state index in [1.807, 2.05) is 24.3 Å². The van der Waals surface area contributed by atoms with Gasteiger partial charge in [0.2, 0.25) is 0 Å². The van der Waals surface area contributed by atoms with E-state index in [2.05, 4.69) is 11.9 Å². The number of hydrogen-bond acceptors (Lipinski definition) is 4. The Morgan fingerprint density at radius 3 is 2.89 bits per heavy atom. The molecule has 0 saturated carbocycles. The fourth-order valence-corrected chi connectivity index (χ4v) is 3.15. The fraction of sp³-hybridized carbons (Fsp3) is 0.286. The van der Waals surface area contributed by atoms with Crippen molar-refractivity contribution in [2.45, 2.75) is 12.6 Å². The molecule has 1 aliphatic rings. The molecule has 1 atom stereocenters. The molecule has 4 nitrogen and oxygen atoms in total. The Morgan fingerprint density at radius 2 is 2.21 bits per heavy atom. The zero-order valence-corrected chi connectivity index (χ0v) is 11.4. The van der Waals surface area contributed by atoms with E-state index in [0.717, 1.165) is 11.3 Å². The monoisotopic (exact) mass is 279 g/mol. The van der Waals surface area contributed by atoms with E-state index in [4.69, 9.17) is 4.74 Å². The maximum Gasteiger partial charge on any atom is 0.173 e. The van der Waals surface area contributed by atoms with Crippen molar-refractivity contribution in [1.82, 2.24) is 5.32 Å². The van der Waals surface area contributed by atoms with E-state index < -0.39 is 9.84 Å². The van der Waals surface area contributed by atoms with Crippen LogP contribution in [0.5, 0.6) is 5.75 Å². The van der Waals surface area contributed by atoms with Crippen molar-refractivity contribution in [3.8, 4) is 5.75 Å². The van der Waals surface area contributed by atoms with Crippen LogP contribution in [0, 0.1) is 0 Å². The zero-order valence-electron chi connectivity index (χ0n) is 10.6. The molecule has 102 valence electrons. The van der Waals surface area contributed by atoms with Gasteiger partial charge in [-0.25, -0.2) is 8.42 Å². The van der Waals surface area contributed by atoms with E-state index in [9.17, 15) is 8.42 Å². The van der Waals surface area contributed by atoms with Gasteiger partial charge in [-0.3, -0.25) is 0 Å². The second kappa shape index (κ2) is 6.04. The minimum Gasteiger partial charge on any atom is -0.489 e. The molecule has 0 radical (unpaired) electrons. The van der Waals surface area contributed by atoms with Crippen molar-refractivity contribution >= 4 is 9.84 Å². The molecule has 0 aliphatic carbocycles. The molecular weight excluding hydrogens is 262 g/mol. The molecule has 0 amide bonds. The van der Waals surface area contributed by atoms with Gasteiger partial charge in [0, 0.05) is 23.6 Å². The number of hydrogen-bond donors (Lipinski definition) is 1. The average Bonchev–Trinajstić information content (AvgIpc) is 2.74. The van der Waals surface area contributed by atoms with E-state index in [1.54, 1.807) is 12.2 Å². The fourth-order valence-electron chi connectivity index (χ4n) is 1.88. The minimum absolute atomic E-state index is 0.127. The van der Waals surface area contributed by atoms with Gasteiger partial charge in [-0.15, -0.1) is 0 Å². The highest BCUT2D eigenvalue weighted by Gasteiger charge is 2.21. The third kappa shape index (κ3) is 3.94. The van der Waals surface area contributed by atoms with E-state index in [1.165, 1.54) is 5.41 Å². The van der Waals surface area contributed by atoms with Crippen LogP contribution in [0.1, 0.15) is 5.56 Å². The number of ether oxygens (including phenoxy) is 1. The number of nitrogens with one attached hydrogen (secondary N) is 1. The van der Waals surface area contributed by atoms with E-state index in [-0.39, 0.29) is 11.8 Å². The predicted octanol–water partition coefficient (Wildman–Crippen LogP) is 1.65. The van der Waals surface area contributed by atoms with Gasteiger partial charge in [-0.1, -0.05) is 36.9 Å². The second-order valence-corrected chi connectivity index (χ2v) is 6.28. The largest absolute Gasteiger partial charge is 0.489 e. The summed E-state index contributed by atoms with van der Waals surface area (Å²) < 4.78 is 28.1. The van der Waals surface area contributed by atoms with Gasteiger partial charge in [0.25, 0.3) is 0 Å². The van der Waals surface area contributed by atoms with Gasteiger partial charge in [-0.05, 0) is 6.07 Å². The third-order valence-corrected chi connectivity index (χ3v) is 4.21. The van der Waals surface area contributed by atoms with Gasteiger partial charge in [0.1, 0.15) is 12.4 Å². The Morgan fingerprint density at radius 1 is 1.42 bits per heavy atom. The van der Waals surface area contributed by atoms with Crippen molar-refractivity contribution < 1.29 is 13.2 Å². The van der Waals surface area contributed by atoms with Crippen LogP contribution in [0.25, 0.3) is 0 Å². The molecule has 0 aromatic heterocycles. The molecule has 1 aromatic rings. The van der Waals surface area contributed by atoms with Crippen LogP contribution in [0.4, 0.5) is 0 Å². The first-order valence-electron chi connectivity index (χ1n) is 6.07. The Hall–Kier alpha value is -1.59. The Bertz CT molecular complexity index is 578. The predicted molar refractivity (Wildman–Crippen MR) is 75.7 cm³/mol. The standard InChI is InChI=1S/C14H17NO3S/c1-2-8-18-14-6-4-3-5-12(14)10-15-13-7-9-19(16,17)11-13/h2-7,9,13,15H,1,8,10-11H2. The summed E-state index contributed by atoms with van der Waals surface area (Å²) in [6.45, 7) is 4.63. The van der Waals surface area contributed by atoms with Crippen LogP contribution >= 0.6 is 0 Å². The average molecular weight is 279 g/mol. The maximum atomic E-state index is 11.3. The van der Waals surface area contributed by atoms with Gasteiger partial charge >= 0.3 is 0 Å². The smallest absolute Gasteiger partial charge is 0.173 e. The van der Waals surface area contributed by atoms with Crippen LogP contribution in [-0.4, -0.2) is 26.8 Å². The highest BCUT2D eigenvalue weighted by atomic mass is 32.2. The third-order valence-electron chi connectivity index (χ3n) is 2.81. The summed E-state index contributed by atoms with van der Waals surface area (Å²) in [4.78, 5) is 0. The second-order valence-electron chi connectivity index (χ2n) is 4.35. The summed E-state index contributed by atoms with van der Waals surface area (Å²) in [5, 5.41) is 4.47. The first-order valence-corrected chi connectivity index (χ1v) is 7.78. The van der Waals surface area contributed by atoms with Crippen molar-refractivity contribution in [3.05, 3.63) is 54.0 Å². The summed E-state index contributed by atoms with van der Waals surface area (Å²) in [6, 6.07) is 7.55. The van der Waals surface area contributed by atoms with Crippen molar-refractivity contribution in [2.75, 3.05) is 12.4 Å². The number of rotatable bonds is 6. The van der Waals surface area contributed by atoms with Crippen LogP contribution in [0.3, 0.4) is 0 Å². The topological polar surface area (TPSA) is 55.4 Å². The summed E-state index contributed by atoms with van der Waals surface area (Å²) in [5.41, 5.74) is 1.00. The lowest BCUT2D eigenvalue weighted by Gasteiger charge is -2.13. The molecule has 1 N–H and O–H groups in total. The maximum absolute atomic E-state index is 11.3. The number of sulfone groups is 1. The molecule has 1 unspecified atom stereocenters. The van der Waals surface area contributed by atoms with Crippen LogP contribution in [0.15, 0.2) is 48.4 Å². The Kier molecular flexibility index (Phi) is 4.39. The van der Waals surface area contributed by atoms with Crippen LogP contribution < -0.4 is 10.1 Å². The molecule has 0 spiro atoms. The number of para-hydroxylation sites is 1. The lowest BCUT2D eigenvalue weighted by atomic mass is 10.2. The molecular formula is C14H17NO3S. The normalized spacial score (nSPS) is 20.3. The van der Waals surface area contributed by atoms with Crippen LogP contribution in [-0.2, 0) is 16.4 Å². The molecule has 5 heteroatoms. The van der Waals surface area contributed by atoms with Crippen LogP contribution in [0.2, 0.25) is 0 Å². The molecule has 1 heterocycles. The zero-order chi connectivity index (χ0) is 13.7. The molecule has 0 bridgehead atoms. The minimum atomic E-state index is -3.01. The van der Waals surface area contributed by atoms with Gasteiger partial charge in [-0.2, -0.15) is 0 Å². The summed E-state index contributed by atoms with van der Waals surface area (Å²) in [7, 11) is -3.01.